The monoisotopic (exact) mass is 1830 g/mol. The number of hydrogen-bond acceptors (Lipinski definition) is 26. The van der Waals surface area contributed by atoms with Gasteiger partial charge in [0.25, 0.3) is 30.4 Å². The minimum atomic E-state index is -5.61. The first-order chi connectivity index (χ1) is 56.5. The van der Waals surface area contributed by atoms with Gasteiger partial charge < -0.3 is 23.7 Å². The number of sulfone groups is 1. The number of carbonyl (C=O) groups excluding carboxylic acids is 7. The van der Waals surface area contributed by atoms with Crippen LogP contribution in [0.1, 0.15) is 223 Å². The van der Waals surface area contributed by atoms with Crippen LogP contribution in [0, 0.1) is 93.5 Å². The van der Waals surface area contributed by atoms with Crippen LogP contribution >= 0.6 is 0 Å². The summed E-state index contributed by atoms with van der Waals surface area (Å²) in [5, 5.41) is 0. The molecule has 0 radical (unpaired) electrons. The Balaban J connectivity index is 0.000000225. The number of esters is 5. The van der Waals surface area contributed by atoms with Crippen molar-refractivity contribution in [1.29, 1.82) is 0 Å². The third-order valence-electron chi connectivity index (χ3n) is 25.3. The second kappa shape index (κ2) is 40.1. The molecule has 0 heterocycles. The number of Topliss-reactive ketones (excluding diaryl/α,β-unsaturated/α-hetero) is 2. The molecular weight excluding hydrogens is 1720 g/mol. The average Bonchev–Trinajstić information content (AvgIpc) is 1.56. The lowest BCUT2D eigenvalue weighted by atomic mass is 9.71. The summed E-state index contributed by atoms with van der Waals surface area (Å²) in [7, 11) is -21.4. The molecule has 0 saturated heterocycles. The topological polar surface area (TPSA) is 373 Å². The summed E-state index contributed by atoms with van der Waals surface area (Å²) >= 11 is 0. The summed E-state index contributed by atoms with van der Waals surface area (Å²) in [6, 6.07) is 14.0. The molecule has 9 atom stereocenters. The van der Waals surface area contributed by atoms with Gasteiger partial charge in [-0.3, -0.25) is 50.3 Å². The van der Waals surface area contributed by atoms with Crippen molar-refractivity contribution in [2.45, 2.75) is 271 Å². The van der Waals surface area contributed by atoms with Gasteiger partial charge in [0, 0.05) is 12.2 Å². The zero-order valence-corrected chi connectivity index (χ0v) is 75.1. The number of ether oxygens (including phenoxy) is 5. The smallest absolute Gasteiger partial charge is 0.330 e. The Labute approximate surface area is 710 Å². The van der Waals surface area contributed by atoms with Crippen molar-refractivity contribution in [3.63, 3.8) is 0 Å². The van der Waals surface area contributed by atoms with Crippen molar-refractivity contribution in [2.24, 2.45) is 45.8 Å². The highest BCUT2D eigenvalue weighted by molar-refractivity contribution is 7.93. The van der Waals surface area contributed by atoms with Crippen LogP contribution in [0.15, 0.2) is 92.4 Å². The predicted molar refractivity (Wildman–Crippen MR) is 426 cm³/mol. The van der Waals surface area contributed by atoms with Crippen LogP contribution in [0.25, 0.3) is 0 Å². The number of ketones is 2. The molecule has 2 bridgehead atoms. The number of aryl methyl sites for hydroxylation is 1. The van der Waals surface area contributed by atoms with Crippen molar-refractivity contribution >= 4 is 91.7 Å². The van der Waals surface area contributed by atoms with Crippen LogP contribution in [-0.4, -0.2) is 150 Å². The lowest BCUT2D eigenvalue weighted by Crippen LogP contribution is -2.52. The van der Waals surface area contributed by atoms with Crippen LogP contribution in [0.2, 0.25) is 0 Å². The van der Waals surface area contributed by atoms with E-state index in [9.17, 15) is 106 Å². The van der Waals surface area contributed by atoms with Crippen molar-refractivity contribution < 1.29 is 147 Å². The fourth-order valence-electron chi connectivity index (χ4n) is 16.3. The maximum Gasteiger partial charge on any atom is 0.330 e. The molecule has 682 valence electrons. The van der Waals surface area contributed by atoms with Crippen LogP contribution in [0.4, 0.5) is 30.7 Å². The SMILES string of the molecule is CC(C)(OC(=O)C(C)(COS(=O)(=O)c1ccc(F)cc1)S(C)(=O)=O)C1CCCCC1.CCC1(OC(=O)C(C)(COS(=O)(=O)c2c(F)c(F)c(F)c(F)c2F)C(C)=O)CC2CC1C1CCCC21.CCC1(OC(=O)C(C)(COS(=O)(=O)c2ccc(C)cc2)C(C)=O)CCCCC1.CCC1(OC(=O)C(C)(COS(=O)(=O)c2ccc(F)cc2)C(=O)OC)CCCC1. The molecule has 0 N–H and O–H groups in total. The molecule has 9 unspecified atom stereocenters. The molecule has 0 spiro atoms. The van der Waals surface area contributed by atoms with Crippen molar-refractivity contribution in [1.82, 2.24) is 0 Å². The molecular formula is C84H111F7O26S5. The van der Waals surface area contributed by atoms with E-state index in [1.165, 1.54) is 32.9 Å². The normalized spacial score (nSPS) is 22.2. The first-order valence-corrected chi connectivity index (χ1v) is 48.0. The van der Waals surface area contributed by atoms with E-state index in [1.54, 1.807) is 26.0 Å². The fraction of sp³-hybridized carbons (Fsp3) is 0.631. The molecule has 10 rings (SSSR count). The summed E-state index contributed by atoms with van der Waals surface area (Å²) in [5.41, 5.74) is -7.93. The third-order valence-corrected chi connectivity index (χ3v) is 32.4. The van der Waals surface area contributed by atoms with Crippen molar-refractivity contribution in [3.05, 3.63) is 119 Å². The minimum absolute atomic E-state index is 0.0188. The van der Waals surface area contributed by atoms with Gasteiger partial charge >= 0.3 is 40.0 Å². The van der Waals surface area contributed by atoms with Gasteiger partial charge in [0.15, 0.2) is 48.2 Å². The largest absolute Gasteiger partial charge is 0.468 e. The Morgan fingerprint density at radius 1 is 0.426 bits per heavy atom. The van der Waals surface area contributed by atoms with Crippen molar-refractivity contribution in [3.8, 4) is 0 Å². The first kappa shape index (κ1) is 102. The predicted octanol–water partition coefficient (Wildman–Crippen LogP) is 15.0. The zero-order valence-electron chi connectivity index (χ0n) is 71.0. The molecule has 4 aromatic rings. The number of hydrogen-bond donors (Lipinski definition) is 0. The molecule has 6 aliphatic rings. The molecule has 0 amide bonds. The Hall–Kier alpha value is -7.33. The Morgan fingerprint density at radius 2 is 0.795 bits per heavy atom. The van der Waals surface area contributed by atoms with E-state index in [0.29, 0.717) is 56.3 Å². The van der Waals surface area contributed by atoms with E-state index >= 15 is 0 Å². The average molecular weight is 1830 g/mol. The summed E-state index contributed by atoms with van der Waals surface area (Å²) in [5.74, 6) is -18.4. The number of rotatable bonds is 32. The number of methoxy groups -OCH3 is 1. The van der Waals surface area contributed by atoms with Gasteiger partial charge in [-0.2, -0.15) is 33.7 Å². The quantitative estimate of drug-likeness (QED) is 0.00833. The van der Waals surface area contributed by atoms with Gasteiger partial charge in [0.2, 0.25) is 5.82 Å². The molecule has 6 fully saturated rings. The lowest BCUT2D eigenvalue weighted by molar-refractivity contribution is -0.185. The first-order valence-electron chi connectivity index (χ1n) is 40.4. The summed E-state index contributed by atoms with van der Waals surface area (Å²) in [6.45, 7) is 14.4. The second-order valence-corrected chi connectivity index (χ2v) is 42.8. The Bertz CT molecular complexity index is 5030. The second-order valence-electron chi connectivity index (χ2n) is 33.9. The molecule has 4 aromatic carbocycles. The maximum atomic E-state index is 14.1. The minimum Gasteiger partial charge on any atom is -0.468 e. The fourth-order valence-corrected chi connectivity index (χ4v) is 21.1. The highest BCUT2D eigenvalue weighted by Gasteiger charge is 2.63. The van der Waals surface area contributed by atoms with Gasteiger partial charge in [-0.25, -0.2) is 39.2 Å². The molecule has 0 aromatic heterocycles. The van der Waals surface area contributed by atoms with Gasteiger partial charge in [-0.15, -0.1) is 0 Å². The number of halogens is 7. The van der Waals surface area contributed by atoms with E-state index in [1.807, 2.05) is 27.7 Å². The van der Waals surface area contributed by atoms with E-state index < -0.39 is 207 Å². The molecule has 26 nitrogen and oxygen atoms in total. The standard InChI is InChI=1S/C24H27F5O6S.C21H30O6S.C20H29FO7S2.C19H25FO7S/c1-4-24(9-12-8-15(24)14-7-5-6-13(12)14)35-22(31)23(3,11(2)30)10-34-36(32,33)21-19(28)17(26)16(25)18(27)20(21)29;1-5-21(13-7-6-8-14-21)27-19(23)20(4,17(3)22)15-26-28(24,25)18-11-9-16(2)10-12-18;1-19(2,15-8-6-5-7-9-15)28-18(22)20(3,29(4,23)24)14-27-30(25,26)17-12-10-16(21)11-13-17;1-4-19(11-5-6-12-19)27-17(22)18(2,16(21)25-3)13-26-28(23,24)15-9-7-14(20)8-10-15/h12-15H,4-10H2,1-3H3;9-12H,5-8,13-15H2,1-4H3;10-13,15H,5-9,14H2,1-4H3;7-10H,4-6,11-13H2,1-3H3. The number of fused-ring (bicyclic) bond motifs is 5. The number of carbonyl (C=O) groups is 7. The van der Waals surface area contributed by atoms with Crippen molar-refractivity contribution in [2.75, 3.05) is 39.8 Å². The van der Waals surface area contributed by atoms with Crippen LogP contribution in [-0.2, 0) is 124 Å². The van der Waals surface area contributed by atoms with Gasteiger partial charge in [0.1, 0.15) is 56.4 Å². The number of benzene rings is 4. The highest BCUT2D eigenvalue weighted by atomic mass is 32.2. The molecule has 6 aliphatic carbocycles. The van der Waals surface area contributed by atoms with Gasteiger partial charge in [0.05, 0.1) is 48.2 Å². The van der Waals surface area contributed by atoms with E-state index in [-0.39, 0.29) is 26.5 Å². The maximum absolute atomic E-state index is 14.1. The molecule has 38 heteroatoms. The van der Waals surface area contributed by atoms with Gasteiger partial charge in [-0.05, 0) is 256 Å². The molecule has 122 heavy (non-hydrogen) atoms. The lowest BCUT2D eigenvalue weighted by Gasteiger charge is -2.43. The van der Waals surface area contributed by atoms with E-state index in [2.05, 4.69) is 4.18 Å². The van der Waals surface area contributed by atoms with Gasteiger partial charge in [-0.1, -0.05) is 70.6 Å². The summed E-state index contributed by atoms with van der Waals surface area (Å²) in [4.78, 5) is 86.1. The highest BCUT2D eigenvalue weighted by Crippen LogP contribution is 2.64. The Kier molecular flexibility index (Phi) is 33.5. The van der Waals surface area contributed by atoms with E-state index in [4.69, 9.17) is 36.2 Å². The Morgan fingerprint density at radius 3 is 1.20 bits per heavy atom. The summed E-state index contributed by atoms with van der Waals surface area (Å²) in [6.07, 6.45) is 19.9. The van der Waals surface area contributed by atoms with Crippen LogP contribution < -0.4 is 0 Å². The molecule has 6 saturated carbocycles. The van der Waals surface area contributed by atoms with E-state index in [0.717, 1.165) is 191 Å². The zero-order chi connectivity index (χ0) is 91.6. The third kappa shape index (κ3) is 23.1. The summed E-state index contributed by atoms with van der Waals surface area (Å²) < 4.78 is 264. The van der Waals surface area contributed by atoms with Crippen LogP contribution in [0.5, 0.6) is 0 Å². The van der Waals surface area contributed by atoms with Crippen LogP contribution in [0.3, 0.4) is 0 Å². The molecule has 0 aliphatic heterocycles.